The average molecular weight is 302 g/mol. The Labute approximate surface area is 131 Å². The maximum atomic E-state index is 6.10. The quantitative estimate of drug-likeness (QED) is 0.921. The van der Waals surface area contributed by atoms with Crippen molar-refractivity contribution in [2.75, 3.05) is 18.0 Å². The Morgan fingerprint density at radius 2 is 2.00 bits per heavy atom. The highest BCUT2D eigenvalue weighted by Gasteiger charge is 2.28. The van der Waals surface area contributed by atoms with Crippen molar-refractivity contribution in [3.63, 3.8) is 0 Å². The van der Waals surface area contributed by atoms with Gasteiger partial charge in [-0.05, 0) is 20.3 Å². The van der Waals surface area contributed by atoms with Crippen LogP contribution >= 0.6 is 0 Å². The lowest BCUT2D eigenvalue weighted by atomic mass is 9.96. The van der Waals surface area contributed by atoms with Crippen molar-refractivity contribution < 1.29 is 0 Å². The second kappa shape index (κ2) is 5.19. The topological polar surface area (TPSA) is 72.9 Å². The van der Waals surface area contributed by atoms with Crippen LogP contribution in [-0.2, 0) is 5.41 Å². The van der Waals surface area contributed by atoms with E-state index in [1.807, 2.05) is 6.33 Å². The molecule has 0 spiro atoms. The van der Waals surface area contributed by atoms with Gasteiger partial charge in [0.05, 0.1) is 6.33 Å². The molecule has 2 N–H and O–H groups in total. The summed E-state index contributed by atoms with van der Waals surface area (Å²) in [6.07, 6.45) is 2.88. The van der Waals surface area contributed by atoms with Crippen LogP contribution in [0.3, 0.4) is 0 Å². The summed E-state index contributed by atoms with van der Waals surface area (Å²) >= 11 is 0. The Morgan fingerprint density at radius 1 is 1.27 bits per heavy atom. The van der Waals surface area contributed by atoms with Crippen LogP contribution in [0.4, 0.5) is 5.82 Å². The van der Waals surface area contributed by atoms with Crippen LogP contribution in [0.1, 0.15) is 52.9 Å². The van der Waals surface area contributed by atoms with Crippen LogP contribution in [0.5, 0.6) is 0 Å². The van der Waals surface area contributed by atoms with Crippen LogP contribution in [0.25, 0.3) is 11.2 Å². The van der Waals surface area contributed by atoms with Crippen LogP contribution in [0, 0.1) is 0 Å². The molecule has 1 atom stereocenters. The van der Waals surface area contributed by atoms with Gasteiger partial charge in [-0.2, -0.15) is 0 Å². The van der Waals surface area contributed by atoms with E-state index in [1.165, 1.54) is 0 Å². The summed E-state index contributed by atoms with van der Waals surface area (Å²) in [5.74, 6) is 1.82. The molecule has 1 aliphatic rings. The normalized spacial score (nSPS) is 19.6. The largest absolute Gasteiger partial charge is 0.353 e. The highest BCUT2D eigenvalue weighted by Crippen LogP contribution is 2.31. The lowest BCUT2D eigenvalue weighted by molar-refractivity contribution is 0.546. The van der Waals surface area contributed by atoms with Gasteiger partial charge in [0.1, 0.15) is 11.3 Å². The van der Waals surface area contributed by atoms with E-state index in [4.69, 9.17) is 15.7 Å². The zero-order chi connectivity index (χ0) is 16.1. The van der Waals surface area contributed by atoms with Crippen LogP contribution in [0.2, 0.25) is 0 Å². The van der Waals surface area contributed by atoms with Gasteiger partial charge in [-0.25, -0.2) is 15.0 Å². The number of imidazole rings is 1. The van der Waals surface area contributed by atoms with E-state index in [-0.39, 0.29) is 11.5 Å². The molecule has 6 heteroatoms. The van der Waals surface area contributed by atoms with Gasteiger partial charge < -0.3 is 15.2 Å². The molecule has 1 saturated heterocycles. The van der Waals surface area contributed by atoms with Crippen molar-refractivity contribution in [1.82, 2.24) is 19.5 Å². The van der Waals surface area contributed by atoms with Crippen molar-refractivity contribution in [3.8, 4) is 0 Å². The van der Waals surface area contributed by atoms with Gasteiger partial charge >= 0.3 is 0 Å². The van der Waals surface area contributed by atoms with Crippen molar-refractivity contribution in [1.29, 1.82) is 0 Å². The molecule has 3 heterocycles. The third-order valence-electron chi connectivity index (χ3n) is 4.16. The molecule has 0 radical (unpaired) electrons. The van der Waals surface area contributed by atoms with Gasteiger partial charge in [0, 0.05) is 30.6 Å². The fraction of sp³-hybridized carbons (Fsp3) is 0.688. The maximum absolute atomic E-state index is 6.10. The van der Waals surface area contributed by atoms with Crippen molar-refractivity contribution >= 4 is 17.0 Å². The monoisotopic (exact) mass is 302 g/mol. The smallest absolute Gasteiger partial charge is 0.183 e. The summed E-state index contributed by atoms with van der Waals surface area (Å²) in [5.41, 5.74) is 7.80. The molecule has 120 valence electrons. The fourth-order valence-electron chi connectivity index (χ4n) is 2.85. The molecule has 22 heavy (non-hydrogen) atoms. The van der Waals surface area contributed by atoms with E-state index in [2.05, 4.69) is 49.1 Å². The summed E-state index contributed by atoms with van der Waals surface area (Å²) in [4.78, 5) is 16.4. The number of hydrogen-bond acceptors (Lipinski definition) is 5. The molecule has 0 saturated carbocycles. The van der Waals surface area contributed by atoms with Crippen molar-refractivity contribution in [2.45, 2.75) is 58.5 Å². The summed E-state index contributed by atoms with van der Waals surface area (Å²) in [6.45, 7) is 12.5. The van der Waals surface area contributed by atoms with Gasteiger partial charge in [-0.3, -0.25) is 0 Å². The first-order chi connectivity index (χ1) is 10.3. The van der Waals surface area contributed by atoms with Gasteiger partial charge in [-0.1, -0.05) is 20.8 Å². The fourth-order valence-corrected chi connectivity index (χ4v) is 2.85. The van der Waals surface area contributed by atoms with E-state index in [1.54, 1.807) is 0 Å². The summed E-state index contributed by atoms with van der Waals surface area (Å²) in [7, 11) is 0. The highest BCUT2D eigenvalue weighted by atomic mass is 15.3. The minimum atomic E-state index is -0.105. The molecule has 0 bridgehead atoms. The maximum Gasteiger partial charge on any atom is 0.183 e. The summed E-state index contributed by atoms with van der Waals surface area (Å²) in [5, 5.41) is 0. The van der Waals surface area contributed by atoms with Gasteiger partial charge in [-0.15, -0.1) is 0 Å². The molecular formula is C16H26N6. The number of nitrogens with two attached hydrogens (primary N) is 1. The van der Waals surface area contributed by atoms with E-state index in [0.29, 0.717) is 6.04 Å². The number of nitrogens with zero attached hydrogens (tertiary/aromatic N) is 5. The predicted molar refractivity (Wildman–Crippen MR) is 89.2 cm³/mol. The van der Waals surface area contributed by atoms with Crippen molar-refractivity contribution in [3.05, 3.63) is 12.2 Å². The van der Waals surface area contributed by atoms with Crippen LogP contribution in [0.15, 0.2) is 6.33 Å². The molecule has 2 aromatic heterocycles. The SMILES string of the molecule is CC(C)n1cnc2nc(C(C)(C)C)nc(N3CCC(N)C3)c21. The number of anilines is 1. The van der Waals surface area contributed by atoms with E-state index >= 15 is 0 Å². The Bertz CT molecular complexity index is 682. The van der Waals surface area contributed by atoms with Crippen molar-refractivity contribution in [2.24, 2.45) is 5.73 Å². The number of hydrogen-bond donors (Lipinski definition) is 1. The third kappa shape index (κ3) is 2.56. The summed E-state index contributed by atoms with van der Waals surface area (Å²) in [6, 6.07) is 0.544. The molecule has 0 aromatic carbocycles. The van der Waals surface area contributed by atoms with Gasteiger partial charge in [0.15, 0.2) is 11.5 Å². The molecule has 3 rings (SSSR count). The minimum Gasteiger partial charge on any atom is -0.353 e. The van der Waals surface area contributed by atoms with Gasteiger partial charge in [0.2, 0.25) is 0 Å². The molecule has 0 amide bonds. The van der Waals surface area contributed by atoms with E-state index in [9.17, 15) is 0 Å². The van der Waals surface area contributed by atoms with E-state index in [0.717, 1.165) is 42.3 Å². The Hall–Kier alpha value is -1.69. The average Bonchev–Trinajstić information content (AvgIpc) is 3.02. The first-order valence-electron chi connectivity index (χ1n) is 8.03. The molecule has 0 aliphatic carbocycles. The number of aromatic nitrogens is 4. The Kier molecular flexibility index (Phi) is 3.59. The first-order valence-corrected chi connectivity index (χ1v) is 8.03. The minimum absolute atomic E-state index is 0.105. The number of rotatable bonds is 2. The zero-order valence-corrected chi connectivity index (χ0v) is 14.2. The molecule has 1 unspecified atom stereocenters. The molecule has 1 aliphatic heterocycles. The van der Waals surface area contributed by atoms with E-state index < -0.39 is 0 Å². The Morgan fingerprint density at radius 3 is 2.55 bits per heavy atom. The lowest BCUT2D eigenvalue weighted by Crippen LogP contribution is -2.28. The van der Waals surface area contributed by atoms with Crippen LogP contribution in [-0.4, -0.2) is 38.7 Å². The summed E-state index contributed by atoms with van der Waals surface area (Å²) < 4.78 is 2.15. The second-order valence-electron chi connectivity index (χ2n) is 7.53. The van der Waals surface area contributed by atoms with Gasteiger partial charge in [0.25, 0.3) is 0 Å². The predicted octanol–water partition coefficient (Wildman–Crippen LogP) is 2.24. The first kappa shape index (κ1) is 15.2. The van der Waals surface area contributed by atoms with Crippen LogP contribution < -0.4 is 10.6 Å². The Balaban J connectivity index is 2.22. The zero-order valence-electron chi connectivity index (χ0n) is 14.2. The lowest BCUT2D eigenvalue weighted by Gasteiger charge is -2.23. The molecule has 6 nitrogen and oxygen atoms in total. The standard InChI is InChI=1S/C16H26N6/c1-10(2)22-9-18-13-12(22)14(21-7-6-11(17)8-21)20-15(19-13)16(3,4)5/h9-11H,6-8,17H2,1-5H3. The molecule has 2 aromatic rings. The third-order valence-corrected chi connectivity index (χ3v) is 4.16. The molecular weight excluding hydrogens is 276 g/mol. The highest BCUT2D eigenvalue weighted by molar-refractivity contribution is 5.84. The second-order valence-corrected chi connectivity index (χ2v) is 7.53. The molecule has 1 fully saturated rings. The number of fused-ring (bicyclic) bond motifs is 1.